The fourth-order valence-electron chi connectivity index (χ4n) is 3.18. The van der Waals surface area contributed by atoms with E-state index >= 15 is 0 Å². The van der Waals surface area contributed by atoms with E-state index in [1.165, 1.54) is 19.3 Å². The van der Waals surface area contributed by atoms with Crippen molar-refractivity contribution in [2.75, 3.05) is 13.2 Å². The van der Waals surface area contributed by atoms with Crippen LogP contribution in [0.2, 0.25) is 0 Å². The highest BCUT2D eigenvalue weighted by molar-refractivity contribution is 4.96. The summed E-state index contributed by atoms with van der Waals surface area (Å²) in [4.78, 5) is 0. The number of hydrogen-bond acceptors (Lipinski definition) is 2. The zero-order chi connectivity index (χ0) is 7.84. The van der Waals surface area contributed by atoms with Crippen molar-refractivity contribution < 1.29 is 5.11 Å². The van der Waals surface area contributed by atoms with E-state index in [1.807, 2.05) is 0 Å². The summed E-state index contributed by atoms with van der Waals surface area (Å²) in [5, 5.41) is 9.13. The molecule has 0 spiro atoms. The molecule has 11 heavy (non-hydrogen) atoms. The number of rotatable bonds is 2. The molecule has 2 aliphatic carbocycles. The quantitative estimate of drug-likeness (QED) is 0.613. The predicted molar refractivity (Wildman–Crippen MR) is 44.0 cm³/mol. The first kappa shape index (κ1) is 7.56. The van der Waals surface area contributed by atoms with Crippen LogP contribution in [0.3, 0.4) is 0 Å². The third-order valence-electron chi connectivity index (χ3n) is 3.76. The van der Waals surface area contributed by atoms with E-state index in [4.69, 9.17) is 10.8 Å². The minimum Gasteiger partial charge on any atom is -0.396 e. The maximum Gasteiger partial charge on any atom is 0.0465 e. The maximum atomic E-state index is 9.13. The molecule has 2 heteroatoms. The van der Waals surface area contributed by atoms with Crippen molar-refractivity contribution in [2.45, 2.75) is 19.3 Å². The van der Waals surface area contributed by atoms with Gasteiger partial charge in [0, 0.05) is 6.61 Å². The lowest BCUT2D eigenvalue weighted by Gasteiger charge is -2.28. The van der Waals surface area contributed by atoms with Gasteiger partial charge >= 0.3 is 0 Å². The molecule has 0 aromatic carbocycles. The Morgan fingerprint density at radius 3 is 2.27 bits per heavy atom. The Hall–Kier alpha value is -0.0800. The van der Waals surface area contributed by atoms with Crippen LogP contribution in [0.4, 0.5) is 0 Å². The summed E-state index contributed by atoms with van der Waals surface area (Å²) in [7, 11) is 0. The Morgan fingerprint density at radius 2 is 1.82 bits per heavy atom. The molecular formula is C9H17NO. The van der Waals surface area contributed by atoms with Gasteiger partial charge in [0.1, 0.15) is 0 Å². The van der Waals surface area contributed by atoms with Crippen molar-refractivity contribution in [2.24, 2.45) is 29.4 Å². The van der Waals surface area contributed by atoms with Gasteiger partial charge in [-0.05, 0) is 49.5 Å². The van der Waals surface area contributed by atoms with Crippen molar-refractivity contribution in [3.05, 3.63) is 0 Å². The average Bonchev–Trinajstić information content (AvgIpc) is 2.60. The lowest BCUT2D eigenvalue weighted by Crippen LogP contribution is -2.31. The van der Waals surface area contributed by atoms with Gasteiger partial charge in [-0.25, -0.2) is 0 Å². The summed E-state index contributed by atoms with van der Waals surface area (Å²) in [6.07, 6.45) is 4.04. The van der Waals surface area contributed by atoms with Gasteiger partial charge in [-0.15, -0.1) is 0 Å². The first-order chi connectivity index (χ1) is 5.36. The number of fused-ring (bicyclic) bond motifs is 2. The lowest BCUT2D eigenvalue weighted by atomic mass is 9.80. The Balaban J connectivity index is 2.08. The van der Waals surface area contributed by atoms with Crippen LogP contribution in [0.15, 0.2) is 0 Å². The minimum atomic E-state index is 0.364. The average molecular weight is 155 g/mol. The normalized spacial score (nSPS) is 48.5. The number of aliphatic hydroxyl groups excluding tert-OH is 1. The van der Waals surface area contributed by atoms with Gasteiger partial charge in [-0.1, -0.05) is 0 Å². The van der Waals surface area contributed by atoms with E-state index < -0.39 is 0 Å². The second-order valence-corrected chi connectivity index (χ2v) is 4.08. The van der Waals surface area contributed by atoms with Crippen LogP contribution in [-0.4, -0.2) is 18.3 Å². The Morgan fingerprint density at radius 1 is 1.18 bits per heavy atom. The number of aliphatic hydroxyl groups is 1. The molecule has 4 unspecified atom stereocenters. The summed E-state index contributed by atoms with van der Waals surface area (Å²) < 4.78 is 0. The van der Waals surface area contributed by atoms with Crippen LogP contribution in [0, 0.1) is 23.7 Å². The Bertz CT molecular complexity index is 132. The molecule has 0 aromatic rings. The molecule has 2 rings (SSSR count). The molecule has 0 aromatic heterocycles. The van der Waals surface area contributed by atoms with Gasteiger partial charge in [0.2, 0.25) is 0 Å². The topological polar surface area (TPSA) is 46.2 Å². The number of hydrogen-bond donors (Lipinski definition) is 2. The summed E-state index contributed by atoms with van der Waals surface area (Å²) in [6, 6.07) is 0. The second kappa shape index (κ2) is 2.76. The second-order valence-electron chi connectivity index (χ2n) is 4.08. The van der Waals surface area contributed by atoms with Crippen LogP contribution in [0.5, 0.6) is 0 Å². The maximum absolute atomic E-state index is 9.13. The molecule has 0 aliphatic heterocycles. The van der Waals surface area contributed by atoms with Gasteiger partial charge < -0.3 is 10.8 Å². The van der Waals surface area contributed by atoms with Crippen LogP contribution < -0.4 is 5.73 Å². The zero-order valence-corrected chi connectivity index (χ0v) is 6.87. The Kier molecular flexibility index (Phi) is 1.90. The summed E-state index contributed by atoms with van der Waals surface area (Å²) >= 11 is 0. The highest BCUT2D eigenvalue weighted by Gasteiger charge is 2.46. The van der Waals surface area contributed by atoms with Crippen LogP contribution in [0.1, 0.15) is 19.3 Å². The van der Waals surface area contributed by atoms with Crippen LogP contribution >= 0.6 is 0 Å². The molecule has 0 saturated heterocycles. The molecule has 0 amide bonds. The molecule has 2 nitrogen and oxygen atoms in total. The molecule has 3 N–H and O–H groups in total. The van der Waals surface area contributed by atoms with E-state index in [0.717, 1.165) is 18.4 Å². The molecule has 2 bridgehead atoms. The number of nitrogens with two attached hydrogens (primary N) is 1. The highest BCUT2D eigenvalue weighted by atomic mass is 16.3. The molecule has 0 heterocycles. The van der Waals surface area contributed by atoms with E-state index in [2.05, 4.69) is 0 Å². The van der Waals surface area contributed by atoms with Crippen LogP contribution in [0.25, 0.3) is 0 Å². The molecular weight excluding hydrogens is 138 g/mol. The molecule has 2 aliphatic rings. The predicted octanol–water partition coefficient (Wildman–Crippen LogP) is 0.600. The van der Waals surface area contributed by atoms with Crippen LogP contribution in [-0.2, 0) is 0 Å². The van der Waals surface area contributed by atoms with Crippen molar-refractivity contribution in [3.63, 3.8) is 0 Å². The first-order valence-corrected chi connectivity index (χ1v) is 4.67. The summed E-state index contributed by atoms with van der Waals surface area (Å²) in [6.45, 7) is 1.15. The minimum absolute atomic E-state index is 0.364. The zero-order valence-electron chi connectivity index (χ0n) is 6.87. The SMILES string of the molecule is NCC1C2CCC(C2)C1CO. The molecule has 4 atom stereocenters. The first-order valence-electron chi connectivity index (χ1n) is 4.67. The molecule has 2 saturated carbocycles. The highest BCUT2D eigenvalue weighted by Crippen LogP contribution is 2.51. The third-order valence-corrected chi connectivity index (χ3v) is 3.76. The van der Waals surface area contributed by atoms with Crippen molar-refractivity contribution in [1.82, 2.24) is 0 Å². The third kappa shape index (κ3) is 1.00. The van der Waals surface area contributed by atoms with E-state index in [-0.39, 0.29) is 0 Å². The van der Waals surface area contributed by atoms with E-state index in [9.17, 15) is 0 Å². The van der Waals surface area contributed by atoms with E-state index in [1.54, 1.807) is 0 Å². The van der Waals surface area contributed by atoms with E-state index in [0.29, 0.717) is 18.4 Å². The molecule has 64 valence electrons. The fraction of sp³-hybridized carbons (Fsp3) is 1.00. The largest absolute Gasteiger partial charge is 0.396 e. The standard InChI is InChI=1S/C9H17NO/c10-4-8-6-1-2-7(3-6)9(8)5-11/h6-9,11H,1-5,10H2. The monoisotopic (exact) mass is 155 g/mol. The fourth-order valence-corrected chi connectivity index (χ4v) is 3.18. The van der Waals surface area contributed by atoms with Crippen molar-refractivity contribution in [3.8, 4) is 0 Å². The molecule has 2 fully saturated rings. The Labute approximate surface area is 67.8 Å². The van der Waals surface area contributed by atoms with Gasteiger partial charge in [-0.3, -0.25) is 0 Å². The van der Waals surface area contributed by atoms with Gasteiger partial charge in [-0.2, -0.15) is 0 Å². The summed E-state index contributed by atoms with van der Waals surface area (Å²) in [5.74, 6) is 2.83. The lowest BCUT2D eigenvalue weighted by molar-refractivity contribution is 0.128. The van der Waals surface area contributed by atoms with Gasteiger partial charge in [0.25, 0.3) is 0 Å². The van der Waals surface area contributed by atoms with Gasteiger partial charge in [0.15, 0.2) is 0 Å². The summed E-state index contributed by atoms with van der Waals surface area (Å²) in [5.41, 5.74) is 5.68. The van der Waals surface area contributed by atoms with Crippen molar-refractivity contribution >= 4 is 0 Å². The smallest absolute Gasteiger partial charge is 0.0465 e. The van der Waals surface area contributed by atoms with Crippen molar-refractivity contribution in [1.29, 1.82) is 0 Å². The van der Waals surface area contributed by atoms with Gasteiger partial charge in [0.05, 0.1) is 0 Å². The molecule has 0 radical (unpaired) electrons.